The minimum absolute atomic E-state index is 0.0407. The first-order valence-corrected chi connectivity index (χ1v) is 5.77. The highest BCUT2D eigenvalue weighted by Crippen LogP contribution is 2.39. The van der Waals surface area contributed by atoms with Crippen LogP contribution in [-0.4, -0.2) is 11.9 Å². The van der Waals surface area contributed by atoms with Gasteiger partial charge in [-0.1, -0.05) is 37.6 Å². The van der Waals surface area contributed by atoms with Gasteiger partial charge < -0.3 is 4.74 Å². The maximum atomic E-state index is 11.3. The van der Waals surface area contributed by atoms with Gasteiger partial charge in [0, 0.05) is 11.4 Å². The molecule has 1 aliphatic carbocycles. The molecule has 1 fully saturated rings. The zero-order valence-corrected chi connectivity index (χ0v) is 10.3. The predicted molar refractivity (Wildman–Crippen MR) is 63.4 cm³/mol. The molecule has 0 saturated heterocycles. The highest BCUT2D eigenvalue weighted by Gasteiger charge is 2.48. The molecule has 2 rings (SSSR count). The number of hydrogen-bond donors (Lipinski definition) is 0. The van der Waals surface area contributed by atoms with Crippen LogP contribution in [0.5, 0.6) is 0 Å². The summed E-state index contributed by atoms with van der Waals surface area (Å²) in [5, 5.41) is 0.713. The first-order valence-electron chi connectivity index (χ1n) is 5.39. The van der Waals surface area contributed by atoms with Gasteiger partial charge in [-0.15, -0.1) is 0 Å². The summed E-state index contributed by atoms with van der Waals surface area (Å²) in [5.41, 5.74) is 0.723. The SMILES string of the molecule is CC1(C)C(=O)CC1OCc1cccc(Cl)c1. The molecule has 1 saturated carbocycles. The number of ether oxygens (including phenoxy) is 1. The zero-order valence-electron chi connectivity index (χ0n) is 9.50. The largest absolute Gasteiger partial charge is 0.372 e. The fourth-order valence-corrected chi connectivity index (χ4v) is 2.04. The van der Waals surface area contributed by atoms with E-state index in [-0.39, 0.29) is 17.3 Å². The van der Waals surface area contributed by atoms with Crippen molar-refractivity contribution in [1.29, 1.82) is 0 Å². The van der Waals surface area contributed by atoms with Crippen LogP contribution in [-0.2, 0) is 16.1 Å². The quantitative estimate of drug-likeness (QED) is 0.808. The van der Waals surface area contributed by atoms with Gasteiger partial charge in [0.25, 0.3) is 0 Å². The van der Waals surface area contributed by atoms with Crippen molar-refractivity contribution in [2.24, 2.45) is 5.41 Å². The lowest BCUT2D eigenvalue weighted by molar-refractivity contribution is -0.159. The Morgan fingerprint density at radius 1 is 1.50 bits per heavy atom. The Morgan fingerprint density at radius 2 is 2.25 bits per heavy atom. The van der Waals surface area contributed by atoms with E-state index in [4.69, 9.17) is 16.3 Å². The third-order valence-corrected chi connectivity index (χ3v) is 3.47. The molecule has 1 aromatic rings. The first-order chi connectivity index (χ1) is 7.50. The molecular weight excluding hydrogens is 224 g/mol. The predicted octanol–water partition coefficient (Wildman–Crippen LogP) is 3.22. The van der Waals surface area contributed by atoms with E-state index in [1.807, 2.05) is 38.1 Å². The van der Waals surface area contributed by atoms with Gasteiger partial charge in [-0.05, 0) is 17.7 Å². The molecule has 0 radical (unpaired) electrons. The summed E-state index contributed by atoms with van der Waals surface area (Å²) in [6, 6.07) is 7.59. The van der Waals surface area contributed by atoms with Gasteiger partial charge in [-0.2, -0.15) is 0 Å². The Morgan fingerprint density at radius 3 is 2.81 bits per heavy atom. The van der Waals surface area contributed by atoms with Crippen molar-refractivity contribution in [2.45, 2.75) is 33.0 Å². The van der Waals surface area contributed by atoms with E-state index < -0.39 is 0 Å². The normalized spacial score (nSPS) is 22.9. The van der Waals surface area contributed by atoms with Crippen LogP contribution in [0.2, 0.25) is 5.02 Å². The van der Waals surface area contributed by atoms with Gasteiger partial charge in [0.1, 0.15) is 5.78 Å². The van der Waals surface area contributed by atoms with Gasteiger partial charge in [0.2, 0.25) is 0 Å². The number of Topliss-reactive ketones (excluding diaryl/α,β-unsaturated/α-hetero) is 1. The molecule has 1 unspecified atom stereocenters. The third-order valence-electron chi connectivity index (χ3n) is 3.23. The molecule has 3 heteroatoms. The molecule has 0 bridgehead atoms. The van der Waals surface area contributed by atoms with Gasteiger partial charge in [-0.3, -0.25) is 4.79 Å². The van der Waals surface area contributed by atoms with Crippen LogP contribution in [0.1, 0.15) is 25.8 Å². The molecule has 0 spiro atoms. The van der Waals surface area contributed by atoms with E-state index in [0.717, 1.165) is 5.56 Å². The van der Waals surface area contributed by atoms with E-state index in [9.17, 15) is 4.79 Å². The summed E-state index contributed by atoms with van der Waals surface area (Å²) in [7, 11) is 0. The maximum Gasteiger partial charge on any atom is 0.143 e. The molecule has 86 valence electrons. The lowest BCUT2D eigenvalue weighted by atomic mass is 9.68. The van der Waals surface area contributed by atoms with Crippen LogP contribution in [0.25, 0.3) is 0 Å². The summed E-state index contributed by atoms with van der Waals surface area (Å²) in [5.74, 6) is 0.281. The number of benzene rings is 1. The Bertz CT molecular complexity index is 412. The van der Waals surface area contributed by atoms with Crippen molar-refractivity contribution in [1.82, 2.24) is 0 Å². The first kappa shape index (κ1) is 11.6. The second kappa shape index (κ2) is 4.19. The number of carbonyl (C=O) groups is 1. The monoisotopic (exact) mass is 238 g/mol. The van der Waals surface area contributed by atoms with Crippen molar-refractivity contribution in [2.75, 3.05) is 0 Å². The van der Waals surface area contributed by atoms with E-state index in [1.54, 1.807) is 0 Å². The summed E-state index contributed by atoms with van der Waals surface area (Å²) < 4.78 is 5.73. The summed E-state index contributed by atoms with van der Waals surface area (Å²) >= 11 is 5.88. The van der Waals surface area contributed by atoms with Gasteiger partial charge in [-0.25, -0.2) is 0 Å². The maximum absolute atomic E-state index is 11.3. The van der Waals surface area contributed by atoms with Crippen molar-refractivity contribution in [3.8, 4) is 0 Å². The summed E-state index contributed by atoms with van der Waals surface area (Å²) in [6.45, 7) is 4.38. The Kier molecular flexibility index (Phi) is 3.04. The fourth-order valence-electron chi connectivity index (χ4n) is 1.83. The summed E-state index contributed by atoms with van der Waals surface area (Å²) in [6.07, 6.45) is 0.576. The lowest BCUT2D eigenvalue weighted by Crippen LogP contribution is -2.51. The molecule has 1 atom stereocenters. The Hall–Kier alpha value is -0.860. The number of rotatable bonds is 3. The third kappa shape index (κ3) is 2.13. The number of ketones is 1. The summed E-state index contributed by atoms with van der Waals surface area (Å²) in [4.78, 5) is 11.3. The second-order valence-corrected chi connectivity index (χ2v) is 5.21. The minimum atomic E-state index is -0.321. The van der Waals surface area contributed by atoms with Crippen molar-refractivity contribution >= 4 is 17.4 Å². The van der Waals surface area contributed by atoms with Crippen molar-refractivity contribution in [3.05, 3.63) is 34.9 Å². The molecule has 16 heavy (non-hydrogen) atoms. The molecule has 0 heterocycles. The molecule has 0 aromatic heterocycles. The molecule has 0 amide bonds. The van der Waals surface area contributed by atoms with E-state index >= 15 is 0 Å². The van der Waals surface area contributed by atoms with Crippen molar-refractivity contribution in [3.63, 3.8) is 0 Å². The van der Waals surface area contributed by atoms with Crippen LogP contribution in [0, 0.1) is 5.41 Å². The zero-order chi connectivity index (χ0) is 11.8. The standard InChI is InChI=1S/C13H15ClO2/c1-13(2)11(15)7-12(13)16-8-9-4-3-5-10(14)6-9/h3-6,12H,7-8H2,1-2H3. The fraction of sp³-hybridized carbons (Fsp3) is 0.462. The number of halogens is 1. The number of hydrogen-bond acceptors (Lipinski definition) is 2. The van der Waals surface area contributed by atoms with Crippen molar-refractivity contribution < 1.29 is 9.53 Å². The molecular formula is C13H15ClO2. The van der Waals surface area contributed by atoms with E-state index in [2.05, 4.69) is 0 Å². The average Bonchev–Trinajstić information content (AvgIpc) is 2.24. The van der Waals surface area contributed by atoms with Gasteiger partial charge >= 0.3 is 0 Å². The topological polar surface area (TPSA) is 26.3 Å². The molecule has 0 N–H and O–H groups in total. The number of carbonyl (C=O) groups excluding carboxylic acids is 1. The van der Waals surface area contributed by atoms with Gasteiger partial charge in [0.15, 0.2) is 0 Å². The van der Waals surface area contributed by atoms with E-state index in [0.29, 0.717) is 18.1 Å². The molecule has 1 aliphatic rings. The van der Waals surface area contributed by atoms with Crippen LogP contribution in [0.15, 0.2) is 24.3 Å². The smallest absolute Gasteiger partial charge is 0.143 e. The minimum Gasteiger partial charge on any atom is -0.372 e. The van der Waals surface area contributed by atoms with Crippen LogP contribution in [0.3, 0.4) is 0 Å². The van der Waals surface area contributed by atoms with Gasteiger partial charge in [0.05, 0.1) is 18.1 Å². The Labute approximate surface area is 101 Å². The second-order valence-electron chi connectivity index (χ2n) is 4.78. The van der Waals surface area contributed by atoms with Crippen LogP contribution >= 0.6 is 11.6 Å². The molecule has 2 nitrogen and oxygen atoms in total. The van der Waals surface area contributed by atoms with Crippen LogP contribution in [0.4, 0.5) is 0 Å². The van der Waals surface area contributed by atoms with E-state index in [1.165, 1.54) is 0 Å². The highest BCUT2D eigenvalue weighted by atomic mass is 35.5. The molecule has 1 aromatic carbocycles. The Balaban J connectivity index is 1.92. The average molecular weight is 239 g/mol. The molecule has 0 aliphatic heterocycles. The van der Waals surface area contributed by atoms with Crippen LogP contribution < -0.4 is 0 Å². The lowest BCUT2D eigenvalue weighted by Gasteiger charge is -2.41. The highest BCUT2D eigenvalue weighted by molar-refractivity contribution is 6.30.